The van der Waals surface area contributed by atoms with Crippen LogP contribution in [0.4, 0.5) is 28.9 Å². The number of amides is 1. The number of halogens is 4. The van der Waals surface area contributed by atoms with Crippen LogP contribution in [0.15, 0.2) is 30.3 Å². The molecule has 0 aliphatic carbocycles. The molecule has 2 N–H and O–H groups in total. The van der Waals surface area contributed by atoms with E-state index in [-0.39, 0.29) is 16.9 Å². The molecule has 1 atom stereocenters. The fourth-order valence-electron chi connectivity index (χ4n) is 3.71. The van der Waals surface area contributed by atoms with Crippen LogP contribution in [0.3, 0.4) is 0 Å². The summed E-state index contributed by atoms with van der Waals surface area (Å²) < 4.78 is 60.2. The monoisotopic (exact) mass is 395 g/mol. The average molecular weight is 395 g/mol. The van der Waals surface area contributed by atoms with Gasteiger partial charge in [0.25, 0.3) is 5.91 Å². The number of benzene rings is 2. The molecule has 0 unspecified atom stereocenters. The molecule has 5 nitrogen and oxygen atoms in total. The van der Waals surface area contributed by atoms with E-state index >= 15 is 0 Å². The molecule has 0 bridgehead atoms. The van der Waals surface area contributed by atoms with Crippen LogP contribution in [0.2, 0.25) is 0 Å². The maximum absolute atomic E-state index is 14.2. The van der Waals surface area contributed by atoms with Crippen molar-refractivity contribution in [1.82, 2.24) is 10.2 Å². The van der Waals surface area contributed by atoms with Crippen molar-refractivity contribution in [3.8, 4) is 5.75 Å². The number of hydrogen-bond donors (Lipinski definition) is 2. The minimum absolute atomic E-state index is 0.0109. The number of alkyl halides is 3. The SMILES string of the molecule is COc1ccc(Nc2cc3c(c(C(F)(F)F)c2)C(=O)N2CCNC[C@@H]32)c(F)c1. The van der Waals surface area contributed by atoms with Crippen LogP contribution < -0.4 is 15.4 Å². The van der Waals surface area contributed by atoms with Crippen molar-refractivity contribution < 1.29 is 27.1 Å². The molecule has 1 saturated heterocycles. The van der Waals surface area contributed by atoms with Crippen LogP contribution in [0.25, 0.3) is 0 Å². The van der Waals surface area contributed by atoms with Gasteiger partial charge in [-0.05, 0) is 29.8 Å². The Kier molecular flexibility index (Phi) is 4.41. The van der Waals surface area contributed by atoms with Gasteiger partial charge in [0.05, 0.1) is 30.0 Å². The first-order chi connectivity index (χ1) is 13.3. The van der Waals surface area contributed by atoms with Crippen molar-refractivity contribution in [1.29, 1.82) is 0 Å². The van der Waals surface area contributed by atoms with Crippen LogP contribution in [0.5, 0.6) is 5.75 Å². The highest BCUT2D eigenvalue weighted by Crippen LogP contribution is 2.44. The summed E-state index contributed by atoms with van der Waals surface area (Å²) in [5, 5.41) is 5.79. The second-order valence-electron chi connectivity index (χ2n) is 6.68. The predicted molar refractivity (Wildman–Crippen MR) is 94.3 cm³/mol. The van der Waals surface area contributed by atoms with Gasteiger partial charge in [0.1, 0.15) is 11.6 Å². The third-order valence-corrected chi connectivity index (χ3v) is 5.01. The Balaban J connectivity index is 1.79. The molecule has 2 aromatic rings. The van der Waals surface area contributed by atoms with E-state index in [0.29, 0.717) is 30.9 Å². The molecule has 0 spiro atoms. The average Bonchev–Trinajstić information content (AvgIpc) is 2.95. The highest BCUT2D eigenvalue weighted by atomic mass is 19.4. The van der Waals surface area contributed by atoms with Gasteiger partial charge in [0.15, 0.2) is 0 Å². The highest BCUT2D eigenvalue weighted by molar-refractivity contribution is 6.01. The van der Waals surface area contributed by atoms with E-state index in [0.717, 1.165) is 12.1 Å². The van der Waals surface area contributed by atoms with E-state index in [1.165, 1.54) is 30.2 Å². The van der Waals surface area contributed by atoms with Crippen molar-refractivity contribution >= 4 is 17.3 Å². The summed E-state index contributed by atoms with van der Waals surface area (Å²) in [5.74, 6) is -0.982. The number of rotatable bonds is 3. The molecule has 0 radical (unpaired) electrons. The van der Waals surface area contributed by atoms with E-state index in [1.54, 1.807) is 0 Å². The van der Waals surface area contributed by atoms with Gasteiger partial charge in [-0.15, -0.1) is 0 Å². The first-order valence-corrected chi connectivity index (χ1v) is 8.67. The van der Waals surface area contributed by atoms with Gasteiger partial charge >= 0.3 is 6.18 Å². The molecule has 2 aliphatic rings. The molecule has 148 valence electrons. The molecule has 9 heteroatoms. The number of anilines is 2. The van der Waals surface area contributed by atoms with E-state index in [4.69, 9.17) is 4.74 Å². The number of ether oxygens (including phenoxy) is 1. The summed E-state index contributed by atoms with van der Waals surface area (Å²) in [6, 6.07) is 5.89. The van der Waals surface area contributed by atoms with Gasteiger partial charge in [-0.2, -0.15) is 13.2 Å². The fourth-order valence-corrected chi connectivity index (χ4v) is 3.71. The lowest BCUT2D eigenvalue weighted by molar-refractivity contribution is -0.137. The molecule has 2 aromatic carbocycles. The summed E-state index contributed by atoms with van der Waals surface area (Å²) in [6.45, 7) is 1.24. The van der Waals surface area contributed by atoms with Crippen LogP contribution in [0, 0.1) is 5.82 Å². The number of methoxy groups -OCH3 is 1. The lowest BCUT2D eigenvalue weighted by Gasteiger charge is -2.30. The normalized spacial score (nSPS) is 18.7. The first kappa shape index (κ1) is 18.5. The Hall–Kier alpha value is -2.81. The maximum atomic E-state index is 14.2. The lowest BCUT2D eigenvalue weighted by atomic mass is 9.97. The smallest absolute Gasteiger partial charge is 0.417 e. The van der Waals surface area contributed by atoms with Crippen molar-refractivity contribution in [3.63, 3.8) is 0 Å². The number of carbonyl (C=O) groups is 1. The number of carbonyl (C=O) groups excluding carboxylic acids is 1. The number of piperazine rings is 1. The largest absolute Gasteiger partial charge is 0.497 e. The third kappa shape index (κ3) is 3.05. The minimum atomic E-state index is -4.71. The van der Waals surface area contributed by atoms with Crippen molar-refractivity contribution in [3.05, 3.63) is 52.8 Å². The van der Waals surface area contributed by atoms with Gasteiger partial charge in [-0.25, -0.2) is 4.39 Å². The molecule has 1 amide bonds. The predicted octanol–water partition coefficient (Wildman–Crippen LogP) is 3.70. The van der Waals surface area contributed by atoms with E-state index in [2.05, 4.69) is 10.6 Å². The second kappa shape index (κ2) is 6.66. The molecule has 28 heavy (non-hydrogen) atoms. The third-order valence-electron chi connectivity index (χ3n) is 5.01. The molecule has 0 aromatic heterocycles. The van der Waals surface area contributed by atoms with Crippen LogP contribution >= 0.6 is 0 Å². The Labute approximate surface area is 158 Å². The topological polar surface area (TPSA) is 53.6 Å². The Bertz CT molecular complexity index is 946. The first-order valence-electron chi connectivity index (χ1n) is 8.67. The van der Waals surface area contributed by atoms with E-state index in [9.17, 15) is 22.4 Å². The molecule has 0 saturated carbocycles. The van der Waals surface area contributed by atoms with E-state index in [1.807, 2.05) is 0 Å². The van der Waals surface area contributed by atoms with Gasteiger partial charge < -0.3 is 20.3 Å². The Morgan fingerprint density at radius 2 is 2.04 bits per heavy atom. The number of hydrogen-bond acceptors (Lipinski definition) is 4. The molecular formula is C19H17F4N3O2. The highest BCUT2D eigenvalue weighted by Gasteiger charge is 2.45. The molecule has 4 rings (SSSR count). The Morgan fingerprint density at radius 3 is 2.71 bits per heavy atom. The second-order valence-corrected chi connectivity index (χ2v) is 6.68. The van der Waals surface area contributed by atoms with Gasteiger partial charge in [-0.3, -0.25) is 4.79 Å². The van der Waals surface area contributed by atoms with Crippen LogP contribution in [0.1, 0.15) is 27.5 Å². The summed E-state index contributed by atoms with van der Waals surface area (Å²) in [5.41, 5.74) is -0.960. The summed E-state index contributed by atoms with van der Waals surface area (Å²) >= 11 is 0. The molecule has 2 aliphatic heterocycles. The van der Waals surface area contributed by atoms with Gasteiger partial charge in [0, 0.05) is 31.4 Å². The summed E-state index contributed by atoms with van der Waals surface area (Å²) in [6.07, 6.45) is -4.71. The van der Waals surface area contributed by atoms with Crippen LogP contribution in [-0.2, 0) is 6.18 Å². The summed E-state index contributed by atoms with van der Waals surface area (Å²) in [7, 11) is 1.39. The number of nitrogens with zero attached hydrogens (tertiary/aromatic N) is 1. The van der Waals surface area contributed by atoms with Crippen molar-refractivity contribution in [2.75, 3.05) is 32.1 Å². The molecule has 2 heterocycles. The summed E-state index contributed by atoms with van der Waals surface area (Å²) in [4.78, 5) is 14.0. The zero-order chi connectivity index (χ0) is 20.1. The molecule has 1 fully saturated rings. The van der Waals surface area contributed by atoms with Crippen molar-refractivity contribution in [2.24, 2.45) is 0 Å². The fraction of sp³-hybridized carbons (Fsp3) is 0.316. The zero-order valence-corrected chi connectivity index (χ0v) is 14.9. The quantitative estimate of drug-likeness (QED) is 0.779. The standard InChI is InChI=1S/C19H17F4N3O2/c1-28-11-2-3-15(14(20)8-11)25-10-6-12-16-9-24-4-5-26(16)18(27)17(12)13(7-10)19(21,22)23/h2-3,6-8,16,24-25H,4-5,9H2,1H3/t16-/m0/s1. The van der Waals surface area contributed by atoms with Gasteiger partial charge in [-0.1, -0.05) is 0 Å². The maximum Gasteiger partial charge on any atom is 0.417 e. The van der Waals surface area contributed by atoms with Gasteiger partial charge in [0.2, 0.25) is 0 Å². The lowest BCUT2D eigenvalue weighted by Crippen LogP contribution is -2.44. The van der Waals surface area contributed by atoms with E-state index < -0.39 is 29.5 Å². The zero-order valence-electron chi connectivity index (χ0n) is 14.9. The number of fused-ring (bicyclic) bond motifs is 3. The molecular weight excluding hydrogens is 378 g/mol. The Morgan fingerprint density at radius 1 is 1.25 bits per heavy atom. The van der Waals surface area contributed by atoms with Crippen LogP contribution in [-0.4, -0.2) is 37.6 Å². The van der Waals surface area contributed by atoms with Crippen molar-refractivity contribution in [2.45, 2.75) is 12.2 Å². The minimum Gasteiger partial charge on any atom is -0.497 e. The number of nitrogens with one attached hydrogen (secondary N) is 2.